The van der Waals surface area contributed by atoms with Crippen LogP contribution in [0.25, 0.3) is 0 Å². The van der Waals surface area contributed by atoms with E-state index in [1.54, 1.807) is 0 Å². The van der Waals surface area contributed by atoms with Crippen LogP contribution in [-0.2, 0) is 11.8 Å². The molecule has 1 spiro atoms. The first kappa shape index (κ1) is 12.6. The quantitative estimate of drug-likeness (QED) is 0.637. The number of fused-ring (bicyclic) bond motifs is 2. The molecule has 94 valence electrons. The third-order valence-electron chi connectivity index (χ3n) is 4.64. The van der Waals surface area contributed by atoms with Gasteiger partial charge in [-0.05, 0) is 55.7 Å². The van der Waals surface area contributed by atoms with Crippen molar-refractivity contribution < 1.29 is 0 Å². The van der Waals surface area contributed by atoms with E-state index in [4.69, 9.17) is 7.85 Å². The topological polar surface area (TPSA) is 3.24 Å². The molecule has 3 heteroatoms. The number of benzene rings is 1. The van der Waals surface area contributed by atoms with Crippen molar-refractivity contribution in [1.29, 1.82) is 0 Å². The molecule has 1 aromatic carbocycles. The number of thiol groups is 1. The van der Waals surface area contributed by atoms with Crippen LogP contribution in [-0.4, -0.2) is 38.1 Å². The first-order valence-electron chi connectivity index (χ1n) is 6.96. The van der Waals surface area contributed by atoms with Crippen LogP contribution in [0, 0.1) is 0 Å². The SMILES string of the molecule is [B]c1ccc2c(c1)C1(CC2)CCN(CCCS)C1. The number of hydrogen-bond donors (Lipinski definition) is 1. The van der Waals surface area contributed by atoms with Gasteiger partial charge in [-0.3, -0.25) is 0 Å². The average Bonchev–Trinajstić information content (AvgIpc) is 2.94. The Hall–Kier alpha value is -0.405. The van der Waals surface area contributed by atoms with Crippen molar-refractivity contribution in [3.63, 3.8) is 0 Å². The van der Waals surface area contributed by atoms with Crippen molar-refractivity contribution in [3.8, 4) is 0 Å². The highest BCUT2D eigenvalue weighted by Gasteiger charge is 2.43. The lowest BCUT2D eigenvalue weighted by Gasteiger charge is -2.26. The number of rotatable bonds is 3. The second-order valence-corrected chi connectivity index (χ2v) is 6.25. The van der Waals surface area contributed by atoms with Crippen LogP contribution < -0.4 is 5.46 Å². The molecule has 1 unspecified atom stereocenters. The molecule has 1 saturated heterocycles. The van der Waals surface area contributed by atoms with Gasteiger partial charge in [-0.25, -0.2) is 0 Å². The van der Waals surface area contributed by atoms with Gasteiger partial charge in [0.1, 0.15) is 7.85 Å². The number of hydrogen-bond acceptors (Lipinski definition) is 2. The van der Waals surface area contributed by atoms with E-state index in [1.807, 2.05) is 6.07 Å². The van der Waals surface area contributed by atoms with Gasteiger partial charge in [-0.1, -0.05) is 23.7 Å². The van der Waals surface area contributed by atoms with E-state index in [9.17, 15) is 0 Å². The molecule has 1 aliphatic carbocycles. The van der Waals surface area contributed by atoms with Crippen molar-refractivity contribution in [3.05, 3.63) is 29.3 Å². The molecule has 0 N–H and O–H groups in total. The molecule has 2 radical (unpaired) electrons. The Labute approximate surface area is 117 Å². The molecule has 1 heterocycles. The highest BCUT2D eigenvalue weighted by molar-refractivity contribution is 7.80. The summed E-state index contributed by atoms with van der Waals surface area (Å²) in [4.78, 5) is 2.61. The zero-order valence-electron chi connectivity index (χ0n) is 10.9. The van der Waals surface area contributed by atoms with E-state index in [0.717, 1.165) is 11.2 Å². The van der Waals surface area contributed by atoms with Gasteiger partial charge in [0.05, 0.1) is 0 Å². The fourth-order valence-electron chi connectivity index (χ4n) is 3.68. The maximum atomic E-state index is 5.97. The van der Waals surface area contributed by atoms with Gasteiger partial charge in [0.2, 0.25) is 0 Å². The Morgan fingerprint density at radius 2 is 2.22 bits per heavy atom. The molecule has 2 aliphatic rings. The minimum atomic E-state index is 0.404. The van der Waals surface area contributed by atoms with Crippen LogP contribution in [0.1, 0.15) is 30.4 Å². The zero-order chi connectivity index (χ0) is 12.6. The summed E-state index contributed by atoms with van der Waals surface area (Å²) in [7, 11) is 5.97. The second-order valence-electron chi connectivity index (χ2n) is 5.80. The first-order chi connectivity index (χ1) is 8.73. The molecule has 0 aromatic heterocycles. The Morgan fingerprint density at radius 3 is 3.06 bits per heavy atom. The van der Waals surface area contributed by atoms with Crippen molar-refractivity contribution in [2.45, 2.75) is 31.1 Å². The normalized spacial score (nSPS) is 26.9. The minimum absolute atomic E-state index is 0.404. The van der Waals surface area contributed by atoms with Crippen LogP contribution >= 0.6 is 12.6 Å². The Balaban J connectivity index is 1.81. The summed E-state index contributed by atoms with van der Waals surface area (Å²) >= 11 is 4.31. The molecular formula is C15H20BNS. The van der Waals surface area contributed by atoms with Crippen LogP contribution in [0.15, 0.2) is 18.2 Å². The Bertz CT molecular complexity index is 448. The first-order valence-corrected chi connectivity index (χ1v) is 7.59. The Morgan fingerprint density at radius 1 is 1.33 bits per heavy atom. The maximum absolute atomic E-state index is 5.97. The fourth-order valence-corrected chi connectivity index (χ4v) is 3.82. The van der Waals surface area contributed by atoms with Crippen LogP contribution in [0.5, 0.6) is 0 Å². The number of aryl methyl sites for hydroxylation is 1. The number of nitrogens with zero attached hydrogens (tertiary/aromatic N) is 1. The highest BCUT2D eigenvalue weighted by atomic mass is 32.1. The van der Waals surface area contributed by atoms with Gasteiger partial charge in [-0.2, -0.15) is 12.6 Å². The summed E-state index contributed by atoms with van der Waals surface area (Å²) in [6.45, 7) is 3.65. The van der Waals surface area contributed by atoms with Gasteiger partial charge in [0, 0.05) is 12.0 Å². The standard InChI is InChI=1S/C15H20BNS/c16-13-3-2-12-4-5-15(14(12)10-13)6-8-17(11-15)7-1-9-18/h2-3,10,18H,1,4-9,11H2. The molecule has 1 fully saturated rings. The Kier molecular flexibility index (Phi) is 3.46. The molecule has 1 nitrogen and oxygen atoms in total. The summed E-state index contributed by atoms with van der Waals surface area (Å²) in [6.07, 6.45) is 5.04. The lowest BCUT2D eigenvalue weighted by molar-refractivity contribution is 0.310. The van der Waals surface area contributed by atoms with Gasteiger partial charge in [0.15, 0.2) is 0 Å². The average molecular weight is 257 g/mol. The molecule has 1 atom stereocenters. The summed E-state index contributed by atoms with van der Waals surface area (Å²) < 4.78 is 0. The van der Waals surface area contributed by atoms with E-state index < -0.39 is 0 Å². The zero-order valence-corrected chi connectivity index (χ0v) is 11.8. The monoisotopic (exact) mass is 257 g/mol. The molecule has 1 aromatic rings. The largest absolute Gasteiger partial charge is 0.302 e. The van der Waals surface area contributed by atoms with Crippen LogP contribution in [0.4, 0.5) is 0 Å². The van der Waals surface area contributed by atoms with Crippen molar-refractivity contribution in [2.75, 3.05) is 25.4 Å². The molecular weight excluding hydrogens is 237 g/mol. The lowest BCUT2D eigenvalue weighted by atomic mass is 9.79. The predicted octanol–water partition coefficient (Wildman–Crippen LogP) is 1.69. The molecule has 0 bridgehead atoms. The minimum Gasteiger partial charge on any atom is -0.302 e. The predicted molar refractivity (Wildman–Crippen MR) is 81.4 cm³/mol. The molecule has 0 saturated carbocycles. The van der Waals surface area contributed by atoms with Gasteiger partial charge in [-0.15, -0.1) is 0 Å². The molecule has 0 amide bonds. The van der Waals surface area contributed by atoms with E-state index in [-0.39, 0.29) is 0 Å². The smallest absolute Gasteiger partial charge is 0.113 e. The number of likely N-dealkylation sites (tertiary alicyclic amines) is 1. The van der Waals surface area contributed by atoms with E-state index in [1.165, 1.54) is 56.4 Å². The second kappa shape index (κ2) is 4.94. The molecule has 3 rings (SSSR count). The fraction of sp³-hybridized carbons (Fsp3) is 0.600. The van der Waals surface area contributed by atoms with Crippen LogP contribution in [0.3, 0.4) is 0 Å². The maximum Gasteiger partial charge on any atom is 0.113 e. The third-order valence-corrected chi connectivity index (χ3v) is 4.96. The van der Waals surface area contributed by atoms with Crippen molar-refractivity contribution >= 4 is 25.9 Å². The molecule has 1 aliphatic heterocycles. The summed E-state index contributed by atoms with van der Waals surface area (Å²) in [6, 6.07) is 6.51. The molecule has 18 heavy (non-hydrogen) atoms. The van der Waals surface area contributed by atoms with Crippen molar-refractivity contribution in [2.24, 2.45) is 0 Å². The van der Waals surface area contributed by atoms with Crippen LogP contribution in [0.2, 0.25) is 0 Å². The highest BCUT2D eigenvalue weighted by Crippen LogP contribution is 2.44. The van der Waals surface area contributed by atoms with Gasteiger partial charge in [0.25, 0.3) is 0 Å². The lowest BCUT2D eigenvalue weighted by Crippen LogP contribution is -2.30. The van der Waals surface area contributed by atoms with Gasteiger partial charge < -0.3 is 4.90 Å². The van der Waals surface area contributed by atoms with Gasteiger partial charge >= 0.3 is 0 Å². The van der Waals surface area contributed by atoms with E-state index >= 15 is 0 Å². The van der Waals surface area contributed by atoms with E-state index in [2.05, 4.69) is 29.7 Å². The summed E-state index contributed by atoms with van der Waals surface area (Å²) in [5.74, 6) is 0.993. The van der Waals surface area contributed by atoms with Crippen molar-refractivity contribution in [1.82, 2.24) is 4.90 Å². The summed E-state index contributed by atoms with van der Waals surface area (Å²) in [5.41, 5.74) is 4.39. The van der Waals surface area contributed by atoms with E-state index in [0.29, 0.717) is 5.41 Å². The third kappa shape index (κ3) is 2.12. The summed E-state index contributed by atoms with van der Waals surface area (Å²) in [5, 5.41) is 0.